The van der Waals surface area contributed by atoms with Crippen molar-refractivity contribution in [3.05, 3.63) is 89.2 Å². The molecule has 3 aromatic carbocycles. The van der Waals surface area contributed by atoms with Crippen LogP contribution in [0.25, 0.3) is 0 Å². The van der Waals surface area contributed by atoms with Crippen molar-refractivity contribution in [1.29, 1.82) is 0 Å². The van der Waals surface area contributed by atoms with E-state index in [4.69, 9.17) is 0 Å². The third-order valence-electron chi connectivity index (χ3n) is 4.78. The highest BCUT2D eigenvalue weighted by molar-refractivity contribution is 8.13. The summed E-state index contributed by atoms with van der Waals surface area (Å²) < 4.78 is 13.0. The number of carbonyl (C=O) groups excluding carboxylic acids is 2. The van der Waals surface area contributed by atoms with Crippen molar-refractivity contribution in [3.63, 3.8) is 0 Å². The van der Waals surface area contributed by atoms with Gasteiger partial charge in [0.15, 0.2) is 5.78 Å². The summed E-state index contributed by atoms with van der Waals surface area (Å²) in [7, 11) is 0. The number of benzene rings is 3. The lowest BCUT2D eigenvalue weighted by Gasteiger charge is -2.09. The fourth-order valence-corrected chi connectivity index (χ4v) is 4.12. The number of halogens is 1. The van der Waals surface area contributed by atoms with Crippen LogP contribution in [0.4, 0.5) is 26.2 Å². The van der Waals surface area contributed by atoms with Crippen molar-refractivity contribution in [2.45, 2.75) is 19.1 Å². The Hall–Kier alpha value is -3.45. The van der Waals surface area contributed by atoms with Crippen LogP contribution in [0.2, 0.25) is 0 Å². The van der Waals surface area contributed by atoms with E-state index in [0.29, 0.717) is 16.9 Å². The molecule has 1 heterocycles. The lowest BCUT2D eigenvalue weighted by molar-refractivity contribution is 0.101. The Labute approximate surface area is 183 Å². The Balaban J connectivity index is 1.37. The number of hydrogen-bond donors (Lipinski definition) is 2. The molecule has 0 aromatic heterocycles. The minimum absolute atomic E-state index is 0.0614. The molecule has 0 unspecified atom stereocenters. The van der Waals surface area contributed by atoms with E-state index in [1.54, 1.807) is 48.2 Å². The van der Waals surface area contributed by atoms with E-state index in [0.717, 1.165) is 34.0 Å². The van der Waals surface area contributed by atoms with Gasteiger partial charge in [-0.1, -0.05) is 30.3 Å². The van der Waals surface area contributed by atoms with Crippen LogP contribution in [0, 0.1) is 5.82 Å². The molecule has 7 heteroatoms. The average molecular weight is 434 g/mol. The van der Waals surface area contributed by atoms with Crippen molar-refractivity contribution in [2.75, 3.05) is 10.6 Å². The van der Waals surface area contributed by atoms with E-state index in [1.165, 1.54) is 19.1 Å². The summed E-state index contributed by atoms with van der Waals surface area (Å²) in [6.45, 7) is 1.48. The van der Waals surface area contributed by atoms with Gasteiger partial charge in [0.2, 0.25) is 0 Å². The number of carbonyl (C=O) groups is 2. The molecule has 0 saturated heterocycles. The molecule has 0 fully saturated rings. The van der Waals surface area contributed by atoms with Crippen LogP contribution in [0.5, 0.6) is 0 Å². The Bertz CT molecular complexity index is 1180. The molecular weight excluding hydrogens is 413 g/mol. The van der Waals surface area contributed by atoms with E-state index >= 15 is 0 Å². The normalized spacial score (nSPS) is 12.1. The molecule has 0 radical (unpaired) electrons. The number of amides is 2. The summed E-state index contributed by atoms with van der Waals surface area (Å²) >= 11 is 1.63. The number of anilines is 2. The maximum absolute atomic E-state index is 13.0. The largest absolute Gasteiger partial charge is 0.323 e. The smallest absolute Gasteiger partial charge is 0.308 e. The van der Waals surface area contributed by atoms with Crippen molar-refractivity contribution >= 4 is 45.7 Å². The van der Waals surface area contributed by atoms with Gasteiger partial charge in [-0.3, -0.25) is 4.79 Å². The average Bonchev–Trinajstić information content (AvgIpc) is 3.15. The molecule has 5 nitrogen and oxygen atoms in total. The van der Waals surface area contributed by atoms with E-state index in [2.05, 4.69) is 15.6 Å². The van der Waals surface area contributed by atoms with Crippen LogP contribution >= 0.6 is 11.8 Å². The topological polar surface area (TPSA) is 70.6 Å². The number of Topliss-reactive ketones (excluding diaryl/α,β-unsaturated/α-hetero) is 1. The minimum atomic E-state index is -0.395. The molecule has 4 rings (SSSR count). The first kappa shape index (κ1) is 20.8. The molecule has 31 heavy (non-hydrogen) atoms. The summed E-state index contributed by atoms with van der Waals surface area (Å²) in [5, 5.41) is 6.52. The standard InChI is InChI=1S/C24H20FN3O2S/c1-15(29)17-3-2-4-20(11-17)26-24(30)27-21-10-7-18-12-23(28-22(18)13-21)31-14-16-5-8-19(25)9-6-16/h2-11,13H,12,14H2,1H3,(H2,26,27,30). The molecule has 156 valence electrons. The van der Waals surface area contributed by atoms with E-state index in [1.807, 2.05) is 18.2 Å². The molecule has 0 aliphatic carbocycles. The highest BCUT2D eigenvalue weighted by Crippen LogP contribution is 2.33. The van der Waals surface area contributed by atoms with Gasteiger partial charge in [-0.05, 0) is 54.4 Å². The van der Waals surface area contributed by atoms with Gasteiger partial charge < -0.3 is 10.6 Å². The van der Waals surface area contributed by atoms with Gasteiger partial charge >= 0.3 is 6.03 Å². The Kier molecular flexibility index (Phi) is 6.13. The Morgan fingerprint density at radius 3 is 2.48 bits per heavy atom. The third-order valence-corrected chi connectivity index (χ3v) is 5.82. The zero-order valence-corrected chi connectivity index (χ0v) is 17.6. The monoisotopic (exact) mass is 433 g/mol. The number of thioether (sulfide) groups is 1. The number of ketones is 1. The molecule has 1 aliphatic rings. The fraction of sp³-hybridized carbons (Fsp3) is 0.125. The van der Waals surface area contributed by atoms with Gasteiger partial charge in [-0.2, -0.15) is 0 Å². The molecule has 0 bridgehead atoms. The van der Waals surface area contributed by atoms with Gasteiger partial charge in [0.25, 0.3) is 0 Å². The molecular formula is C24H20FN3O2S. The number of aliphatic imine (C=N–C) groups is 1. The lowest BCUT2D eigenvalue weighted by atomic mass is 10.1. The van der Waals surface area contributed by atoms with Gasteiger partial charge in [0, 0.05) is 29.1 Å². The zero-order valence-electron chi connectivity index (χ0n) is 16.8. The number of fused-ring (bicyclic) bond motifs is 1. The number of urea groups is 1. The SMILES string of the molecule is CC(=O)c1cccc(NC(=O)Nc2ccc3c(c2)N=C(SCc2ccc(F)cc2)C3)c1. The second-order valence-electron chi connectivity index (χ2n) is 7.16. The summed E-state index contributed by atoms with van der Waals surface area (Å²) in [5.74, 6) is 0.420. The van der Waals surface area contributed by atoms with E-state index < -0.39 is 6.03 Å². The maximum Gasteiger partial charge on any atom is 0.323 e. The fourth-order valence-electron chi connectivity index (χ4n) is 3.17. The van der Waals surface area contributed by atoms with Crippen molar-refractivity contribution in [1.82, 2.24) is 0 Å². The number of hydrogen-bond acceptors (Lipinski definition) is 4. The predicted molar refractivity (Wildman–Crippen MR) is 124 cm³/mol. The number of rotatable bonds is 5. The van der Waals surface area contributed by atoms with E-state index in [-0.39, 0.29) is 11.6 Å². The quantitative estimate of drug-likeness (QED) is 0.471. The van der Waals surface area contributed by atoms with Crippen LogP contribution in [0.15, 0.2) is 71.7 Å². The molecule has 2 amide bonds. The predicted octanol–water partition coefficient (Wildman–Crippen LogP) is 6.19. The van der Waals surface area contributed by atoms with Gasteiger partial charge in [0.1, 0.15) is 5.82 Å². The van der Waals surface area contributed by atoms with Crippen LogP contribution in [-0.4, -0.2) is 16.9 Å². The van der Waals surface area contributed by atoms with Gasteiger partial charge in [-0.15, -0.1) is 11.8 Å². The van der Waals surface area contributed by atoms with Gasteiger partial charge in [-0.25, -0.2) is 14.2 Å². The van der Waals surface area contributed by atoms with Crippen LogP contribution in [0.3, 0.4) is 0 Å². The molecule has 2 N–H and O–H groups in total. The Morgan fingerprint density at radius 1 is 1.00 bits per heavy atom. The molecule has 0 spiro atoms. The molecule has 0 atom stereocenters. The van der Waals surface area contributed by atoms with Crippen LogP contribution in [0.1, 0.15) is 28.4 Å². The summed E-state index contributed by atoms with van der Waals surface area (Å²) in [5.41, 5.74) is 4.68. The lowest BCUT2D eigenvalue weighted by Crippen LogP contribution is -2.19. The van der Waals surface area contributed by atoms with Crippen molar-refractivity contribution in [2.24, 2.45) is 4.99 Å². The highest BCUT2D eigenvalue weighted by Gasteiger charge is 2.16. The Morgan fingerprint density at radius 2 is 1.74 bits per heavy atom. The maximum atomic E-state index is 13.0. The first-order chi connectivity index (χ1) is 15.0. The van der Waals surface area contributed by atoms with Crippen LogP contribution in [-0.2, 0) is 12.2 Å². The second-order valence-corrected chi connectivity index (χ2v) is 8.21. The van der Waals surface area contributed by atoms with Crippen LogP contribution < -0.4 is 10.6 Å². The highest BCUT2D eigenvalue weighted by atomic mass is 32.2. The molecule has 1 aliphatic heterocycles. The zero-order chi connectivity index (χ0) is 21.8. The summed E-state index contributed by atoms with van der Waals surface area (Å²) in [6.07, 6.45) is 0.742. The second kappa shape index (κ2) is 9.14. The first-order valence-electron chi connectivity index (χ1n) is 9.73. The first-order valence-corrected chi connectivity index (χ1v) is 10.7. The summed E-state index contributed by atoms with van der Waals surface area (Å²) in [4.78, 5) is 28.5. The van der Waals surface area contributed by atoms with Gasteiger partial charge in [0.05, 0.1) is 10.7 Å². The minimum Gasteiger partial charge on any atom is -0.308 e. The van der Waals surface area contributed by atoms with Crippen molar-refractivity contribution < 1.29 is 14.0 Å². The third kappa shape index (κ3) is 5.38. The molecule has 0 saturated carbocycles. The number of nitrogens with one attached hydrogen (secondary N) is 2. The summed E-state index contributed by atoms with van der Waals surface area (Å²) in [6, 6.07) is 18.5. The van der Waals surface area contributed by atoms with Crippen molar-refractivity contribution in [3.8, 4) is 0 Å². The number of nitrogens with zero attached hydrogens (tertiary/aromatic N) is 1. The van der Waals surface area contributed by atoms with E-state index in [9.17, 15) is 14.0 Å². The molecule has 3 aromatic rings.